The number of aliphatic hydroxyl groups is 1. The maximum atomic E-state index is 11.7. The molecule has 0 aliphatic carbocycles. The van der Waals surface area contributed by atoms with Crippen molar-refractivity contribution in [1.29, 1.82) is 0 Å². The van der Waals surface area contributed by atoms with Crippen molar-refractivity contribution >= 4 is 54.7 Å². The summed E-state index contributed by atoms with van der Waals surface area (Å²) in [6.45, 7) is 17.2. The maximum absolute atomic E-state index is 11.7. The number of para-hydroxylation sites is 2. The molecule has 261 valence electrons. The predicted molar refractivity (Wildman–Crippen MR) is 207 cm³/mol. The second-order valence-corrected chi connectivity index (χ2v) is 13.6. The molecular formula is C45H49IrN2O2-. The van der Waals surface area contributed by atoms with E-state index in [1.807, 2.05) is 32.3 Å². The first-order valence-corrected chi connectivity index (χ1v) is 17.9. The van der Waals surface area contributed by atoms with Gasteiger partial charge in [0.15, 0.2) is 5.78 Å². The molecule has 3 aromatic heterocycles. The van der Waals surface area contributed by atoms with Gasteiger partial charge in [-0.15, -0.1) is 23.1 Å². The van der Waals surface area contributed by atoms with Crippen LogP contribution in [0.15, 0.2) is 96.9 Å². The Morgan fingerprint density at radius 2 is 1.30 bits per heavy atom. The molecule has 0 aliphatic rings. The molecule has 50 heavy (non-hydrogen) atoms. The fraction of sp³-hybridized carbons (Fsp3) is 0.289. The van der Waals surface area contributed by atoms with Gasteiger partial charge in [0.05, 0.1) is 34.2 Å². The Balaban J connectivity index is 0.000000261. The van der Waals surface area contributed by atoms with Gasteiger partial charge in [-0.2, -0.15) is 12.5 Å². The summed E-state index contributed by atoms with van der Waals surface area (Å²) >= 11 is 0. The number of rotatable bonds is 9. The SMILES string of the molecule is CCC(CC)C(=O)/C=C(\O)C(CC)CC.[CH2-]c1c(-c2c3c(cc[n+]2[CH2-])c2cccc4c5ccccc5n3c42)cc(C(C)C)c2ccccc12.[Ir]. The molecule has 0 fully saturated rings. The fourth-order valence-corrected chi connectivity index (χ4v) is 7.71. The van der Waals surface area contributed by atoms with Crippen molar-refractivity contribution in [2.45, 2.75) is 73.1 Å². The van der Waals surface area contributed by atoms with E-state index in [2.05, 4.69) is 117 Å². The molecule has 0 bridgehead atoms. The number of allylic oxidation sites excluding steroid dienone is 2. The van der Waals surface area contributed by atoms with E-state index in [1.54, 1.807) is 0 Å². The van der Waals surface area contributed by atoms with Crippen LogP contribution in [0.4, 0.5) is 0 Å². The van der Waals surface area contributed by atoms with E-state index >= 15 is 0 Å². The monoisotopic (exact) mass is 842 g/mol. The summed E-state index contributed by atoms with van der Waals surface area (Å²) in [6.07, 6.45) is 6.99. The third-order valence-corrected chi connectivity index (χ3v) is 10.5. The number of carbonyl (C=O) groups excluding carboxylic acids is 1. The fourth-order valence-electron chi connectivity index (χ4n) is 7.71. The van der Waals surface area contributed by atoms with Crippen LogP contribution in [-0.2, 0) is 24.9 Å². The average Bonchev–Trinajstić information content (AvgIpc) is 3.62. The number of ketones is 1. The first kappa shape index (κ1) is 37.0. The number of carbonyl (C=O) groups is 1. The molecule has 4 nitrogen and oxygen atoms in total. The molecule has 0 spiro atoms. The molecular weight excluding hydrogens is 793 g/mol. The predicted octanol–water partition coefficient (Wildman–Crippen LogP) is 11.8. The summed E-state index contributed by atoms with van der Waals surface area (Å²) in [5.74, 6) is 0.946. The van der Waals surface area contributed by atoms with Gasteiger partial charge in [-0.05, 0) is 49.1 Å². The summed E-state index contributed by atoms with van der Waals surface area (Å²) in [5.41, 5.74) is 8.35. The average molecular weight is 842 g/mol. The number of fused-ring (bicyclic) bond motifs is 7. The van der Waals surface area contributed by atoms with Crippen LogP contribution in [0.25, 0.3) is 60.1 Å². The van der Waals surface area contributed by atoms with E-state index < -0.39 is 0 Å². The van der Waals surface area contributed by atoms with Crippen molar-refractivity contribution in [3.05, 3.63) is 122 Å². The first-order chi connectivity index (χ1) is 23.7. The van der Waals surface area contributed by atoms with Gasteiger partial charge in [-0.1, -0.05) is 107 Å². The maximum Gasteiger partial charge on any atom is 0.162 e. The Hall–Kier alpha value is -4.31. The third-order valence-electron chi connectivity index (χ3n) is 10.5. The minimum Gasteiger partial charge on any atom is -0.512 e. The number of hydrogen-bond acceptors (Lipinski definition) is 2. The van der Waals surface area contributed by atoms with Crippen LogP contribution in [0.3, 0.4) is 0 Å². The molecule has 1 radical (unpaired) electrons. The van der Waals surface area contributed by atoms with Crippen molar-refractivity contribution < 1.29 is 34.6 Å². The Bertz CT molecular complexity index is 2320. The molecule has 0 atom stereocenters. The standard InChI is InChI=1S/C32H25N2.C13H24O2.Ir/c1-19(2)27-18-28(20(3)21-10-5-6-11-22(21)27)31-32-26(16-17-33(31)4)25-14-9-13-24-23-12-7-8-15-29(23)34(32)30(24)25;1-5-10(6-2)12(14)9-13(15)11(7-3)8-4;/h5-19H,3-4H2,1-2H3;9-11,14H,5-8H2,1-4H3;/q-1;;/b;12-9-;. The van der Waals surface area contributed by atoms with Gasteiger partial charge in [-0.3, -0.25) is 4.79 Å². The molecule has 1 N–H and O–H groups in total. The van der Waals surface area contributed by atoms with Crippen LogP contribution >= 0.6 is 0 Å². The number of aromatic nitrogens is 2. The van der Waals surface area contributed by atoms with E-state index in [-0.39, 0.29) is 43.5 Å². The van der Waals surface area contributed by atoms with Crippen LogP contribution in [0, 0.1) is 25.8 Å². The van der Waals surface area contributed by atoms with Crippen LogP contribution < -0.4 is 4.57 Å². The number of hydrogen-bond donors (Lipinski definition) is 1. The van der Waals surface area contributed by atoms with Gasteiger partial charge in [-0.25, -0.2) is 0 Å². The van der Waals surface area contributed by atoms with Crippen LogP contribution in [0.5, 0.6) is 0 Å². The molecule has 3 heterocycles. The zero-order valence-electron chi connectivity index (χ0n) is 30.2. The Morgan fingerprint density at radius 1 is 0.760 bits per heavy atom. The summed E-state index contributed by atoms with van der Waals surface area (Å²) in [5, 5.41) is 17.4. The molecule has 0 saturated heterocycles. The Labute approximate surface area is 310 Å². The van der Waals surface area contributed by atoms with E-state index in [4.69, 9.17) is 0 Å². The molecule has 5 heteroatoms. The minimum absolute atomic E-state index is 0. The van der Waals surface area contributed by atoms with Crippen LogP contribution in [0.1, 0.15) is 84.3 Å². The molecule has 0 saturated carbocycles. The van der Waals surface area contributed by atoms with Crippen LogP contribution in [-0.4, -0.2) is 15.3 Å². The van der Waals surface area contributed by atoms with Gasteiger partial charge in [0.2, 0.25) is 0 Å². The van der Waals surface area contributed by atoms with Gasteiger partial charge < -0.3 is 14.1 Å². The van der Waals surface area contributed by atoms with E-state index in [1.165, 1.54) is 60.5 Å². The van der Waals surface area contributed by atoms with Gasteiger partial charge in [0, 0.05) is 61.2 Å². The van der Waals surface area contributed by atoms with Crippen molar-refractivity contribution in [2.75, 3.05) is 0 Å². The molecule has 7 aromatic rings. The van der Waals surface area contributed by atoms with E-state index in [0.717, 1.165) is 42.5 Å². The molecule has 7 rings (SSSR count). The molecule has 0 amide bonds. The smallest absolute Gasteiger partial charge is 0.162 e. The number of aliphatic hydroxyl groups excluding tert-OH is 1. The normalized spacial score (nSPS) is 12.1. The zero-order valence-corrected chi connectivity index (χ0v) is 32.6. The van der Waals surface area contributed by atoms with Gasteiger partial charge in [0.25, 0.3) is 0 Å². The van der Waals surface area contributed by atoms with E-state index in [0.29, 0.717) is 5.92 Å². The third kappa shape index (κ3) is 6.27. The van der Waals surface area contributed by atoms with Crippen molar-refractivity contribution in [1.82, 2.24) is 4.40 Å². The summed E-state index contributed by atoms with van der Waals surface area (Å²) in [6, 6.07) is 28.6. The Kier molecular flexibility index (Phi) is 11.3. The summed E-state index contributed by atoms with van der Waals surface area (Å²) < 4.78 is 4.46. The topological polar surface area (TPSA) is 45.6 Å². The van der Waals surface area contributed by atoms with Crippen molar-refractivity contribution in [3.8, 4) is 11.3 Å². The molecule has 4 aromatic carbocycles. The van der Waals surface area contributed by atoms with Gasteiger partial charge in [0.1, 0.15) is 0 Å². The first-order valence-electron chi connectivity index (χ1n) is 17.9. The second kappa shape index (κ2) is 15.3. The van der Waals surface area contributed by atoms with Gasteiger partial charge >= 0.3 is 0 Å². The Morgan fingerprint density at radius 3 is 1.92 bits per heavy atom. The zero-order chi connectivity index (χ0) is 35.0. The number of nitrogens with zero attached hydrogens (tertiary/aromatic N) is 2. The quantitative estimate of drug-likeness (QED) is 0.0681. The largest absolute Gasteiger partial charge is 0.512 e. The minimum atomic E-state index is 0. The molecule has 0 unspecified atom stereocenters. The summed E-state index contributed by atoms with van der Waals surface area (Å²) in [4.78, 5) is 11.7. The van der Waals surface area contributed by atoms with Crippen LogP contribution in [0.2, 0.25) is 0 Å². The number of pyridine rings is 1. The second-order valence-electron chi connectivity index (χ2n) is 13.6. The summed E-state index contributed by atoms with van der Waals surface area (Å²) in [7, 11) is 4.44. The number of benzene rings is 4. The van der Waals surface area contributed by atoms with E-state index in [9.17, 15) is 9.90 Å². The van der Waals surface area contributed by atoms with Crippen molar-refractivity contribution in [2.24, 2.45) is 11.8 Å². The van der Waals surface area contributed by atoms with Crippen molar-refractivity contribution in [3.63, 3.8) is 0 Å². The molecule has 0 aliphatic heterocycles.